The van der Waals surface area contributed by atoms with E-state index in [1.165, 1.54) is 0 Å². The average molecular weight is 387 g/mol. The molecule has 0 amide bonds. The Morgan fingerprint density at radius 3 is 3.00 bits per heavy atom. The number of nitrogens with one attached hydrogen (secondary N) is 1. The predicted molar refractivity (Wildman–Crippen MR) is 111 cm³/mol. The number of benzene rings is 1. The molecule has 144 valence electrons. The first-order valence-electron chi connectivity index (χ1n) is 9.18. The van der Waals surface area contributed by atoms with Gasteiger partial charge in [0, 0.05) is 41.1 Å². The molecule has 0 unspecified atom stereocenters. The highest BCUT2D eigenvalue weighted by Crippen LogP contribution is 2.31. The van der Waals surface area contributed by atoms with Gasteiger partial charge in [-0.2, -0.15) is 0 Å². The zero-order valence-electron chi connectivity index (χ0n) is 14.6. The molecule has 0 saturated carbocycles. The van der Waals surface area contributed by atoms with Gasteiger partial charge in [-0.3, -0.25) is 4.98 Å². The zero-order valence-corrected chi connectivity index (χ0v) is 15.4. The number of nitrogens with zero attached hydrogens (tertiary/aromatic N) is 3. The second-order valence-electron chi connectivity index (χ2n) is 6.91. The summed E-state index contributed by atoms with van der Waals surface area (Å²) in [4.78, 5) is 8.77. The fourth-order valence-corrected chi connectivity index (χ4v) is 4.01. The Hall–Kier alpha value is -1.95. The van der Waals surface area contributed by atoms with Crippen LogP contribution in [0.1, 0.15) is 33.1 Å². The summed E-state index contributed by atoms with van der Waals surface area (Å²) in [5.74, 6) is 0. The summed E-state index contributed by atoms with van der Waals surface area (Å²) >= 11 is 6.30. The minimum atomic E-state index is -0.229. The number of aliphatic hydroxyl groups is 1. The van der Waals surface area contributed by atoms with Gasteiger partial charge in [-0.05, 0) is 50.4 Å². The molecule has 0 aliphatic carbocycles. The van der Waals surface area contributed by atoms with Crippen LogP contribution in [0.4, 0.5) is 0 Å². The normalized spacial score (nSPS) is 19.8. The van der Waals surface area contributed by atoms with Crippen LogP contribution in [0.2, 0.25) is 5.02 Å². The van der Waals surface area contributed by atoms with Gasteiger partial charge in [0.2, 0.25) is 0 Å². The molecule has 5 nitrogen and oxygen atoms in total. The zero-order chi connectivity index (χ0) is 17.9. The Labute approximate surface area is 165 Å². The van der Waals surface area contributed by atoms with Gasteiger partial charge in [-0.15, -0.1) is 0 Å². The van der Waals surface area contributed by atoms with Gasteiger partial charge in [-0.25, -0.2) is 4.98 Å². The van der Waals surface area contributed by atoms with E-state index < -0.39 is 0 Å². The number of rotatable bonds is 5. The van der Waals surface area contributed by atoms with Crippen molar-refractivity contribution >= 4 is 22.6 Å². The van der Waals surface area contributed by atoms with Gasteiger partial charge in [-0.1, -0.05) is 25.1 Å². The molecule has 1 aromatic carbocycles. The van der Waals surface area contributed by atoms with Crippen LogP contribution in [0, 0.1) is 0 Å². The Balaban J connectivity index is 0.00000210. The number of hydrogen-bond acceptors (Lipinski definition) is 4. The van der Waals surface area contributed by atoms with Crippen LogP contribution in [0.5, 0.6) is 0 Å². The fraction of sp³-hybridized carbons (Fsp3) is 0.429. The number of aliphatic hydroxyl groups excluding tert-OH is 1. The third-order valence-corrected chi connectivity index (χ3v) is 5.33. The number of halogens is 1. The lowest BCUT2D eigenvalue weighted by atomic mass is 9.97. The summed E-state index contributed by atoms with van der Waals surface area (Å²) in [5, 5.41) is 14.2. The van der Waals surface area contributed by atoms with Gasteiger partial charge in [0.25, 0.3) is 0 Å². The highest BCUT2D eigenvalue weighted by Gasteiger charge is 2.22. The number of aromatic nitrogens is 3. The quantitative estimate of drug-likeness (QED) is 0.686. The van der Waals surface area contributed by atoms with Crippen molar-refractivity contribution in [1.29, 1.82) is 0 Å². The maximum absolute atomic E-state index is 10.1. The molecule has 1 saturated heterocycles. The van der Waals surface area contributed by atoms with Crippen LogP contribution in [0.15, 0.2) is 43.0 Å². The Morgan fingerprint density at radius 2 is 2.22 bits per heavy atom. The first kappa shape index (κ1) is 19.8. The molecule has 0 bridgehead atoms. The van der Waals surface area contributed by atoms with Crippen molar-refractivity contribution in [2.24, 2.45) is 0 Å². The molecule has 0 spiro atoms. The van der Waals surface area contributed by atoms with Crippen LogP contribution in [-0.4, -0.2) is 38.3 Å². The molecular formula is C21H27ClN4O. The van der Waals surface area contributed by atoms with Crippen molar-refractivity contribution < 1.29 is 5.11 Å². The van der Waals surface area contributed by atoms with E-state index in [9.17, 15) is 5.11 Å². The number of hydrogen-bond donors (Lipinski definition) is 2. The minimum absolute atomic E-state index is 0. The van der Waals surface area contributed by atoms with Gasteiger partial charge >= 0.3 is 0 Å². The Bertz CT molecular complexity index is 881. The predicted octanol–water partition coefficient (Wildman–Crippen LogP) is 4.28. The lowest BCUT2D eigenvalue weighted by Gasteiger charge is -2.29. The molecule has 2 N–H and O–H groups in total. The van der Waals surface area contributed by atoms with Crippen molar-refractivity contribution in [3.63, 3.8) is 0 Å². The van der Waals surface area contributed by atoms with Gasteiger partial charge < -0.3 is 15.0 Å². The summed E-state index contributed by atoms with van der Waals surface area (Å²) < 4.78 is 2.18. The molecule has 27 heavy (non-hydrogen) atoms. The van der Waals surface area contributed by atoms with E-state index >= 15 is 0 Å². The smallest absolute Gasteiger partial charge is 0.0958 e. The lowest BCUT2D eigenvalue weighted by Crippen LogP contribution is -2.44. The fourth-order valence-electron chi connectivity index (χ4n) is 3.80. The number of fused-ring (bicyclic) bond motifs is 1. The van der Waals surface area contributed by atoms with Crippen molar-refractivity contribution in [2.75, 3.05) is 6.54 Å². The van der Waals surface area contributed by atoms with Crippen LogP contribution in [-0.2, 0) is 6.54 Å². The highest BCUT2D eigenvalue weighted by molar-refractivity contribution is 6.31. The van der Waals surface area contributed by atoms with Crippen molar-refractivity contribution in [2.45, 2.75) is 51.8 Å². The molecule has 2 atom stereocenters. The monoisotopic (exact) mass is 386 g/mol. The molecule has 0 radical (unpaired) electrons. The van der Waals surface area contributed by atoms with E-state index in [4.69, 9.17) is 11.6 Å². The molecular weight excluding hydrogens is 360 g/mol. The van der Waals surface area contributed by atoms with E-state index in [0.717, 1.165) is 60.9 Å². The molecule has 2 aromatic heterocycles. The molecule has 3 heterocycles. The van der Waals surface area contributed by atoms with Crippen molar-refractivity contribution in [3.8, 4) is 11.1 Å². The van der Waals surface area contributed by atoms with E-state index in [-0.39, 0.29) is 19.6 Å². The maximum atomic E-state index is 10.1. The molecule has 1 fully saturated rings. The molecule has 6 heteroatoms. The third-order valence-electron chi connectivity index (χ3n) is 5.11. The van der Waals surface area contributed by atoms with E-state index in [1.807, 2.05) is 36.8 Å². The van der Waals surface area contributed by atoms with E-state index in [1.54, 1.807) is 6.20 Å². The summed E-state index contributed by atoms with van der Waals surface area (Å²) in [5.41, 5.74) is 4.06. The standard InChI is InChI=1S/C20H23ClN4O.CH4/c21-15-10-16(14-4-1-7-22-12-14)20-18(11-15)24-13-25(20)9-3-5-17-19(26)6-2-8-23-17;/h1,4,7,10-13,17,19,23,26H,2-3,5-6,8-9H2;1H4/t17-,19+;/m1./s1. The van der Waals surface area contributed by atoms with Gasteiger partial charge in [0.15, 0.2) is 0 Å². The average Bonchev–Trinajstić information content (AvgIpc) is 3.06. The molecule has 4 rings (SSSR count). The molecule has 1 aliphatic heterocycles. The SMILES string of the molecule is C.O[C@H]1CCCN[C@@H]1CCCn1cnc2cc(Cl)cc(-c3cccnc3)c21. The number of pyridine rings is 1. The van der Waals surface area contributed by atoms with Gasteiger partial charge in [0.05, 0.1) is 23.5 Å². The number of aryl methyl sites for hydroxylation is 1. The topological polar surface area (TPSA) is 63.0 Å². The lowest BCUT2D eigenvalue weighted by molar-refractivity contribution is 0.0909. The summed E-state index contributed by atoms with van der Waals surface area (Å²) in [7, 11) is 0. The van der Waals surface area contributed by atoms with Crippen LogP contribution in [0.3, 0.4) is 0 Å². The van der Waals surface area contributed by atoms with E-state index in [0.29, 0.717) is 5.02 Å². The Kier molecular flexibility index (Phi) is 6.47. The third kappa shape index (κ3) is 4.32. The first-order chi connectivity index (χ1) is 12.7. The number of imidazole rings is 1. The number of piperidine rings is 1. The minimum Gasteiger partial charge on any atom is -0.392 e. The van der Waals surface area contributed by atoms with Crippen molar-refractivity contribution in [1.82, 2.24) is 19.9 Å². The molecule has 1 aliphatic rings. The summed E-state index contributed by atoms with van der Waals surface area (Å²) in [6.07, 6.45) is 9.16. The summed E-state index contributed by atoms with van der Waals surface area (Å²) in [6.45, 7) is 1.86. The van der Waals surface area contributed by atoms with Gasteiger partial charge in [0.1, 0.15) is 0 Å². The molecule has 3 aromatic rings. The van der Waals surface area contributed by atoms with Crippen LogP contribution >= 0.6 is 11.6 Å². The van der Waals surface area contributed by atoms with Crippen LogP contribution in [0.25, 0.3) is 22.2 Å². The van der Waals surface area contributed by atoms with E-state index in [2.05, 4.69) is 19.9 Å². The van der Waals surface area contributed by atoms with Crippen molar-refractivity contribution in [3.05, 3.63) is 48.0 Å². The second-order valence-corrected chi connectivity index (χ2v) is 7.35. The first-order valence-corrected chi connectivity index (χ1v) is 9.56. The summed E-state index contributed by atoms with van der Waals surface area (Å²) in [6, 6.07) is 8.05. The highest BCUT2D eigenvalue weighted by atomic mass is 35.5. The maximum Gasteiger partial charge on any atom is 0.0958 e. The van der Waals surface area contributed by atoms with Crippen LogP contribution < -0.4 is 5.32 Å². The Morgan fingerprint density at radius 1 is 1.33 bits per heavy atom. The largest absolute Gasteiger partial charge is 0.392 e. The second kappa shape index (κ2) is 8.83.